The number of esters is 1. The summed E-state index contributed by atoms with van der Waals surface area (Å²) in [7, 11) is 1.12. The molecule has 0 radical (unpaired) electrons. The lowest BCUT2D eigenvalue weighted by Crippen LogP contribution is -2.32. The third-order valence-electron chi connectivity index (χ3n) is 3.70. The van der Waals surface area contributed by atoms with Crippen molar-refractivity contribution in [2.45, 2.75) is 0 Å². The Balaban J connectivity index is 1.58. The molecular formula is C18H15FN2O6. The highest BCUT2D eigenvalue weighted by Crippen LogP contribution is 2.32. The van der Waals surface area contributed by atoms with Crippen molar-refractivity contribution in [3.8, 4) is 11.5 Å². The molecule has 0 aromatic heterocycles. The van der Waals surface area contributed by atoms with E-state index in [1.165, 1.54) is 12.1 Å². The zero-order chi connectivity index (χ0) is 19.4. The number of benzene rings is 2. The van der Waals surface area contributed by atoms with Crippen molar-refractivity contribution in [3.63, 3.8) is 0 Å². The van der Waals surface area contributed by atoms with Crippen LogP contribution in [-0.4, -0.2) is 38.2 Å². The molecule has 8 nitrogen and oxygen atoms in total. The van der Waals surface area contributed by atoms with Gasteiger partial charge in [0, 0.05) is 11.3 Å². The number of nitrogens with one attached hydrogen (secondary N) is 2. The Morgan fingerprint density at radius 2 is 1.89 bits per heavy atom. The molecule has 1 heterocycles. The first-order valence-corrected chi connectivity index (χ1v) is 7.83. The first kappa shape index (κ1) is 18.2. The largest absolute Gasteiger partial charge is 0.465 e. The van der Waals surface area contributed by atoms with Crippen molar-refractivity contribution in [1.29, 1.82) is 0 Å². The van der Waals surface area contributed by atoms with Crippen molar-refractivity contribution in [3.05, 3.63) is 53.3 Å². The molecule has 140 valence electrons. The normalized spacial score (nSPS) is 11.6. The fraction of sp³-hybridized carbons (Fsp3) is 0.167. The monoisotopic (exact) mass is 374 g/mol. The molecule has 0 atom stereocenters. The van der Waals surface area contributed by atoms with E-state index < -0.39 is 23.6 Å². The van der Waals surface area contributed by atoms with E-state index >= 15 is 0 Å². The Labute approximate surface area is 153 Å². The molecule has 0 spiro atoms. The second-order valence-corrected chi connectivity index (χ2v) is 5.49. The van der Waals surface area contributed by atoms with Gasteiger partial charge in [0.1, 0.15) is 5.82 Å². The van der Waals surface area contributed by atoms with Crippen LogP contribution in [0.3, 0.4) is 0 Å². The van der Waals surface area contributed by atoms with E-state index in [1.807, 2.05) is 0 Å². The van der Waals surface area contributed by atoms with E-state index in [2.05, 4.69) is 15.4 Å². The van der Waals surface area contributed by atoms with E-state index in [-0.39, 0.29) is 24.6 Å². The third kappa shape index (κ3) is 4.14. The summed E-state index contributed by atoms with van der Waals surface area (Å²) >= 11 is 0. The highest BCUT2D eigenvalue weighted by molar-refractivity contribution is 6.00. The first-order valence-electron chi connectivity index (χ1n) is 7.83. The molecule has 0 aliphatic carbocycles. The zero-order valence-corrected chi connectivity index (χ0v) is 14.2. The van der Waals surface area contributed by atoms with Gasteiger partial charge in [-0.25, -0.2) is 9.18 Å². The van der Waals surface area contributed by atoms with Crippen LogP contribution in [0.1, 0.15) is 20.7 Å². The van der Waals surface area contributed by atoms with Crippen LogP contribution in [0.4, 0.5) is 10.1 Å². The molecule has 2 amide bonds. The lowest BCUT2D eigenvalue weighted by atomic mass is 10.2. The Hall–Kier alpha value is -3.62. The first-order chi connectivity index (χ1) is 13.0. The van der Waals surface area contributed by atoms with Gasteiger partial charge in [0.15, 0.2) is 11.5 Å². The minimum absolute atomic E-state index is 0.0913. The van der Waals surface area contributed by atoms with Crippen LogP contribution < -0.4 is 20.1 Å². The Morgan fingerprint density at radius 3 is 2.67 bits per heavy atom. The van der Waals surface area contributed by atoms with E-state index in [0.29, 0.717) is 17.1 Å². The van der Waals surface area contributed by atoms with E-state index in [1.54, 1.807) is 12.1 Å². The molecule has 0 saturated carbocycles. The van der Waals surface area contributed by atoms with Gasteiger partial charge in [-0.3, -0.25) is 9.59 Å². The van der Waals surface area contributed by atoms with Crippen LogP contribution in [-0.2, 0) is 9.53 Å². The number of hydrogen-bond donors (Lipinski definition) is 2. The molecule has 3 rings (SSSR count). The molecule has 1 aliphatic heterocycles. The highest BCUT2D eigenvalue weighted by Gasteiger charge is 2.17. The van der Waals surface area contributed by atoms with E-state index in [4.69, 9.17) is 9.47 Å². The number of carbonyl (C=O) groups is 3. The Kier molecular flexibility index (Phi) is 5.20. The van der Waals surface area contributed by atoms with E-state index in [9.17, 15) is 18.8 Å². The molecule has 1 aliphatic rings. The maximum atomic E-state index is 13.6. The second kappa shape index (κ2) is 7.73. The highest BCUT2D eigenvalue weighted by atomic mass is 19.1. The fourth-order valence-electron chi connectivity index (χ4n) is 2.37. The minimum atomic E-state index is -0.861. The Bertz CT molecular complexity index is 915. The van der Waals surface area contributed by atoms with Crippen LogP contribution in [0.15, 0.2) is 36.4 Å². The standard InChI is InChI=1S/C18H15FN2O6/c1-25-18(24)12-7-11(3-4-13(12)19)21-16(22)8-20-17(23)10-2-5-14-15(6-10)27-9-26-14/h2-7H,8-9H2,1H3,(H,20,23)(H,21,22). The molecule has 0 fully saturated rings. The minimum Gasteiger partial charge on any atom is -0.465 e. The van der Waals surface area contributed by atoms with Crippen LogP contribution in [0.5, 0.6) is 11.5 Å². The summed E-state index contributed by atoms with van der Waals surface area (Å²) in [4.78, 5) is 35.6. The number of amides is 2. The van der Waals surface area contributed by atoms with Crippen LogP contribution in [0.2, 0.25) is 0 Å². The van der Waals surface area contributed by atoms with Crippen LogP contribution >= 0.6 is 0 Å². The van der Waals surface area contributed by atoms with Crippen molar-refractivity contribution in [2.24, 2.45) is 0 Å². The van der Waals surface area contributed by atoms with E-state index in [0.717, 1.165) is 19.2 Å². The average molecular weight is 374 g/mol. The number of methoxy groups -OCH3 is 1. The van der Waals surface area contributed by atoms with Crippen LogP contribution in [0, 0.1) is 5.82 Å². The quantitative estimate of drug-likeness (QED) is 0.773. The van der Waals surface area contributed by atoms with Crippen molar-refractivity contribution in [1.82, 2.24) is 5.32 Å². The van der Waals surface area contributed by atoms with Gasteiger partial charge in [-0.15, -0.1) is 0 Å². The van der Waals surface area contributed by atoms with Gasteiger partial charge in [-0.2, -0.15) is 0 Å². The summed E-state index contributed by atoms with van der Waals surface area (Å²) in [6, 6.07) is 8.14. The molecule has 2 N–H and O–H groups in total. The molecule has 0 unspecified atom stereocenters. The molecule has 0 bridgehead atoms. The maximum absolute atomic E-state index is 13.6. The molecule has 27 heavy (non-hydrogen) atoms. The van der Waals surface area contributed by atoms with Gasteiger partial charge in [0.25, 0.3) is 5.91 Å². The summed E-state index contributed by atoms with van der Waals surface area (Å²) in [5.74, 6) is -1.66. The van der Waals surface area contributed by atoms with Gasteiger partial charge < -0.3 is 24.8 Å². The van der Waals surface area contributed by atoms with Gasteiger partial charge in [-0.1, -0.05) is 0 Å². The summed E-state index contributed by atoms with van der Waals surface area (Å²) in [6.45, 7) is -0.230. The number of fused-ring (bicyclic) bond motifs is 1. The summed E-state index contributed by atoms with van der Waals surface area (Å²) < 4.78 is 28.4. The number of anilines is 1. The molecule has 0 saturated heterocycles. The van der Waals surface area contributed by atoms with Crippen molar-refractivity contribution >= 4 is 23.5 Å². The summed E-state index contributed by atoms with van der Waals surface area (Å²) in [5, 5.41) is 4.92. The molecule has 2 aromatic carbocycles. The van der Waals surface area contributed by atoms with Crippen molar-refractivity contribution < 1.29 is 33.0 Å². The Morgan fingerprint density at radius 1 is 1.11 bits per heavy atom. The van der Waals surface area contributed by atoms with Crippen LogP contribution in [0.25, 0.3) is 0 Å². The van der Waals surface area contributed by atoms with Gasteiger partial charge >= 0.3 is 5.97 Å². The lowest BCUT2D eigenvalue weighted by molar-refractivity contribution is -0.115. The molecule has 9 heteroatoms. The number of ether oxygens (including phenoxy) is 3. The molecule has 2 aromatic rings. The number of carbonyl (C=O) groups excluding carboxylic acids is 3. The van der Waals surface area contributed by atoms with Crippen molar-refractivity contribution in [2.75, 3.05) is 25.8 Å². The number of halogens is 1. The lowest BCUT2D eigenvalue weighted by Gasteiger charge is -2.09. The topological polar surface area (TPSA) is 103 Å². The second-order valence-electron chi connectivity index (χ2n) is 5.49. The summed E-state index contributed by atoms with van der Waals surface area (Å²) in [5.41, 5.74) is 0.195. The number of rotatable bonds is 5. The van der Waals surface area contributed by atoms with Gasteiger partial charge in [-0.05, 0) is 36.4 Å². The predicted molar refractivity (Wildman–Crippen MR) is 91.3 cm³/mol. The zero-order valence-electron chi connectivity index (χ0n) is 14.2. The fourth-order valence-corrected chi connectivity index (χ4v) is 2.37. The maximum Gasteiger partial charge on any atom is 0.340 e. The average Bonchev–Trinajstić information content (AvgIpc) is 3.14. The van der Waals surface area contributed by atoms with Gasteiger partial charge in [0.2, 0.25) is 12.7 Å². The SMILES string of the molecule is COC(=O)c1cc(NC(=O)CNC(=O)c2ccc3c(c2)OCO3)ccc1F. The summed E-state index contributed by atoms with van der Waals surface area (Å²) in [6.07, 6.45) is 0. The smallest absolute Gasteiger partial charge is 0.340 e. The van der Waals surface area contributed by atoms with Gasteiger partial charge in [0.05, 0.1) is 19.2 Å². The third-order valence-corrected chi connectivity index (χ3v) is 3.70. The molecular weight excluding hydrogens is 359 g/mol. The predicted octanol–water partition coefficient (Wildman–Crippen LogP) is 1.71. The number of hydrogen-bond acceptors (Lipinski definition) is 6.